The molecule has 0 aromatic heterocycles. The molecule has 1 aromatic rings. The molecule has 0 aliphatic carbocycles. The molecule has 0 amide bonds. The average molecular weight is 165 g/mol. The van der Waals surface area contributed by atoms with E-state index < -0.39 is 5.89 Å². The summed E-state index contributed by atoms with van der Waals surface area (Å²) in [6.45, 7) is 1.58. The molecule has 64 valence electrons. The Morgan fingerprint density at radius 2 is 2.17 bits per heavy atom. The number of oxime groups is 1. The van der Waals surface area contributed by atoms with Crippen LogP contribution in [-0.2, 0) is 0 Å². The highest BCUT2D eigenvalue weighted by molar-refractivity contribution is 5.86. The number of hydrogen-bond donors (Lipinski definition) is 2. The van der Waals surface area contributed by atoms with Gasteiger partial charge in [0.25, 0.3) is 0 Å². The van der Waals surface area contributed by atoms with Crippen molar-refractivity contribution < 1.29 is 6.58 Å². The van der Waals surface area contributed by atoms with Crippen molar-refractivity contribution >= 4 is 5.84 Å². The molecule has 12 heavy (non-hydrogen) atoms. The summed E-state index contributed by atoms with van der Waals surface area (Å²) in [6, 6.07) is 9.02. The number of rotatable bonds is 2. The fourth-order valence-electron chi connectivity index (χ4n) is 0.911. The van der Waals surface area contributed by atoms with E-state index >= 15 is 0 Å². The average Bonchev–Trinajstić information content (AvgIpc) is 2.18. The molecule has 0 spiro atoms. The Bertz CT molecular complexity index is 309. The Balaban J connectivity index is 3.08. The van der Waals surface area contributed by atoms with Crippen LogP contribution in [0.3, 0.4) is 0 Å². The summed E-state index contributed by atoms with van der Waals surface area (Å²) in [5, 5.41) is 11.3. The predicted molar refractivity (Wildman–Crippen MR) is 48.3 cm³/mol. The smallest absolute Gasteiger partial charge is 0.146 e. The van der Waals surface area contributed by atoms with Gasteiger partial charge in [0.15, 0.2) is 0 Å². The SMILES string of the molecule is [2H]C(C)(/C(N)=N\O)c1ccccc1. The zero-order valence-corrected chi connectivity index (χ0v) is 6.86. The molecule has 0 fully saturated rings. The minimum absolute atomic E-state index is 0.112. The fourth-order valence-corrected chi connectivity index (χ4v) is 0.911. The first-order valence-electron chi connectivity index (χ1n) is 4.12. The van der Waals surface area contributed by atoms with Crippen molar-refractivity contribution in [3.8, 4) is 0 Å². The van der Waals surface area contributed by atoms with E-state index in [-0.39, 0.29) is 5.84 Å². The van der Waals surface area contributed by atoms with Crippen LogP contribution in [0.5, 0.6) is 0 Å². The standard InChI is InChI=1S/C9H12N2O/c1-7(9(10)11-12)8-5-3-2-4-6-8/h2-7,12H,1H3,(H2,10,11)/i7D. The van der Waals surface area contributed by atoms with Crippen LogP contribution in [0.1, 0.15) is 19.8 Å². The van der Waals surface area contributed by atoms with Crippen molar-refractivity contribution in [2.24, 2.45) is 10.9 Å². The molecule has 0 bridgehead atoms. The molecule has 0 aliphatic heterocycles. The molecule has 3 heteroatoms. The lowest BCUT2D eigenvalue weighted by molar-refractivity contribution is 0.316. The molecule has 3 nitrogen and oxygen atoms in total. The van der Waals surface area contributed by atoms with Crippen LogP contribution in [-0.4, -0.2) is 11.0 Å². The van der Waals surface area contributed by atoms with Gasteiger partial charge in [-0.15, -0.1) is 0 Å². The monoisotopic (exact) mass is 165 g/mol. The van der Waals surface area contributed by atoms with Crippen LogP contribution in [0.2, 0.25) is 0 Å². The van der Waals surface area contributed by atoms with Crippen molar-refractivity contribution in [3.63, 3.8) is 0 Å². The second-order valence-electron chi connectivity index (χ2n) is 2.48. The summed E-state index contributed by atoms with van der Waals surface area (Å²) in [6.07, 6.45) is 0. The highest BCUT2D eigenvalue weighted by Crippen LogP contribution is 2.13. The van der Waals surface area contributed by atoms with Gasteiger partial charge in [0.1, 0.15) is 5.84 Å². The largest absolute Gasteiger partial charge is 0.409 e. The van der Waals surface area contributed by atoms with Crippen LogP contribution in [0, 0.1) is 0 Å². The molecule has 1 unspecified atom stereocenters. The summed E-state index contributed by atoms with van der Waals surface area (Å²) in [7, 11) is 0. The first-order chi connectivity index (χ1) is 6.09. The van der Waals surface area contributed by atoms with Crippen LogP contribution < -0.4 is 5.73 Å². The number of hydrogen-bond acceptors (Lipinski definition) is 2. The third kappa shape index (κ3) is 1.75. The van der Waals surface area contributed by atoms with E-state index in [2.05, 4.69) is 5.16 Å². The zero-order valence-electron chi connectivity index (χ0n) is 7.86. The molecule has 3 N–H and O–H groups in total. The normalized spacial score (nSPS) is 18.1. The Labute approximate surface area is 72.9 Å². The predicted octanol–water partition coefficient (Wildman–Crippen LogP) is 1.54. The molecule has 0 aliphatic rings. The van der Waals surface area contributed by atoms with Crippen LogP contribution >= 0.6 is 0 Å². The van der Waals surface area contributed by atoms with E-state index in [0.29, 0.717) is 5.56 Å². The first kappa shape index (κ1) is 7.16. The van der Waals surface area contributed by atoms with E-state index in [4.69, 9.17) is 12.3 Å². The zero-order chi connectivity index (χ0) is 9.90. The van der Waals surface area contributed by atoms with Crippen molar-refractivity contribution in [1.29, 1.82) is 0 Å². The second kappa shape index (κ2) is 3.76. The Morgan fingerprint density at radius 3 is 2.67 bits per heavy atom. The molecular formula is C9H12N2O. The minimum atomic E-state index is -1.17. The Kier molecular flexibility index (Phi) is 2.24. The van der Waals surface area contributed by atoms with E-state index in [1.807, 2.05) is 18.2 Å². The lowest BCUT2D eigenvalue weighted by Gasteiger charge is -2.08. The highest BCUT2D eigenvalue weighted by atomic mass is 16.4. The quantitative estimate of drug-likeness (QED) is 0.302. The maximum absolute atomic E-state index is 8.47. The summed E-state index contributed by atoms with van der Waals surface area (Å²) in [4.78, 5) is 0. The second-order valence-corrected chi connectivity index (χ2v) is 2.48. The van der Waals surface area contributed by atoms with E-state index in [1.54, 1.807) is 19.1 Å². The van der Waals surface area contributed by atoms with Gasteiger partial charge in [-0.25, -0.2) is 0 Å². The van der Waals surface area contributed by atoms with Gasteiger partial charge < -0.3 is 10.9 Å². The van der Waals surface area contributed by atoms with Gasteiger partial charge in [-0.1, -0.05) is 42.4 Å². The van der Waals surface area contributed by atoms with Gasteiger partial charge in [-0.05, 0) is 5.56 Å². The number of amidine groups is 1. The third-order valence-corrected chi connectivity index (χ3v) is 1.70. The summed E-state index contributed by atoms with van der Waals surface area (Å²) >= 11 is 0. The summed E-state index contributed by atoms with van der Waals surface area (Å²) in [5.74, 6) is -1.28. The summed E-state index contributed by atoms with van der Waals surface area (Å²) in [5.41, 5.74) is 6.09. The molecule has 1 atom stereocenters. The maximum Gasteiger partial charge on any atom is 0.146 e. The van der Waals surface area contributed by atoms with Gasteiger partial charge in [0.05, 0.1) is 0 Å². The van der Waals surface area contributed by atoms with Crippen molar-refractivity contribution in [3.05, 3.63) is 35.9 Å². The third-order valence-electron chi connectivity index (χ3n) is 1.70. The molecule has 0 heterocycles. The number of nitrogens with zero attached hydrogens (tertiary/aromatic N) is 1. The van der Waals surface area contributed by atoms with Crippen molar-refractivity contribution in [1.82, 2.24) is 0 Å². The van der Waals surface area contributed by atoms with E-state index in [0.717, 1.165) is 0 Å². The van der Waals surface area contributed by atoms with Crippen LogP contribution in [0.25, 0.3) is 0 Å². The molecule has 0 saturated heterocycles. The van der Waals surface area contributed by atoms with Crippen molar-refractivity contribution in [2.75, 3.05) is 0 Å². The van der Waals surface area contributed by atoms with E-state index in [9.17, 15) is 0 Å². The van der Waals surface area contributed by atoms with Gasteiger partial charge in [0, 0.05) is 7.26 Å². The van der Waals surface area contributed by atoms with E-state index in [1.165, 1.54) is 0 Å². The minimum Gasteiger partial charge on any atom is -0.409 e. The fraction of sp³-hybridized carbons (Fsp3) is 0.222. The lowest BCUT2D eigenvalue weighted by atomic mass is 10.0. The number of benzene rings is 1. The van der Waals surface area contributed by atoms with Crippen LogP contribution in [0.15, 0.2) is 35.5 Å². The molecule has 1 aromatic carbocycles. The molecular weight excluding hydrogens is 152 g/mol. The lowest BCUT2D eigenvalue weighted by Crippen LogP contribution is -2.19. The highest BCUT2D eigenvalue weighted by Gasteiger charge is 2.08. The number of nitrogens with two attached hydrogens (primary N) is 1. The summed E-state index contributed by atoms with van der Waals surface area (Å²) < 4.78 is 7.86. The van der Waals surface area contributed by atoms with Crippen molar-refractivity contribution in [2.45, 2.75) is 12.8 Å². The molecule has 0 saturated carbocycles. The molecule has 1 rings (SSSR count). The maximum atomic E-state index is 8.47. The van der Waals surface area contributed by atoms with Gasteiger partial charge in [0.2, 0.25) is 0 Å². The topological polar surface area (TPSA) is 58.6 Å². The molecule has 0 radical (unpaired) electrons. The Hall–Kier alpha value is -1.51. The van der Waals surface area contributed by atoms with Gasteiger partial charge in [-0.2, -0.15) is 0 Å². The van der Waals surface area contributed by atoms with Crippen LogP contribution in [0.4, 0.5) is 0 Å². The first-order valence-corrected chi connectivity index (χ1v) is 3.62. The van der Waals surface area contributed by atoms with Gasteiger partial charge in [-0.3, -0.25) is 0 Å². The Morgan fingerprint density at radius 1 is 1.58 bits per heavy atom. The van der Waals surface area contributed by atoms with Gasteiger partial charge >= 0.3 is 0 Å².